The van der Waals surface area contributed by atoms with Gasteiger partial charge >= 0.3 is 0 Å². The maximum atomic E-state index is 2.95. The molecule has 7 rings (SSSR count). The van der Waals surface area contributed by atoms with Crippen LogP contribution in [0.2, 0.25) is 0 Å². The summed E-state index contributed by atoms with van der Waals surface area (Å²) in [5.41, 5.74) is 3.32. The third-order valence-electron chi connectivity index (χ3n) is 15.8. The number of hydrogen-bond donors (Lipinski definition) is 0. The second kappa shape index (κ2) is 7.75. The van der Waals surface area contributed by atoms with Gasteiger partial charge in [-0.25, -0.2) is 0 Å². The molecule has 1 heterocycles. The van der Waals surface area contributed by atoms with Crippen LogP contribution in [-0.2, 0) is 0 Å². The molecule has 36 heavy (non-hydrogen) atoms. The Morgan fingerprint density at radius 2 is 0.639 bits per heavy atom. The van der Waals surface area contributed by atoms with Crippen LogP contribution in [0.3, 0.4) is 0 Å². The highest BCUT2D eigenvalue weighted by atomic mass is 15.5. The molecule has 204 valence electrons. The molecule has 1 aliphatic heterocycles. The molecule has 6 aliphatic carbocycles. The van der Waals surface area contributed by atoms with E-state index in [9.17, 15) is 0 Å². The van der Waals surface area contributed by atoms with E-state index in [0.29, 0.717) is 32.5 Å². The molecule has 1 saturated heterocycles. The average molecular weight is 496 g/mol. The van der Waals surface area contributed by atoms with Gasteiger partial charge in [0.15, 0.2) is 0 Å². The van der Waals surface area contributed by atoms with Gasteiger partial charge in [0.1, 0.15) is 0 Å². The molecule has 0 aromatic carbocycles. The van der Waals surface area contributed by atoms with Crippen molar-refractivity contribution in [1.82, 2.24) is 14.7 Å². The number of rotatable bonds is 6. The summed E-state index contributed by atoms with van der Waals surface area (Å²) in [6, 6.07) is 0. The van der Waals surface area contributed by atoms with Gasteiger partial charge in [-0.1, -0.05) is 41.5 Å². The Morgan fingerprint density at radius 3 is 0.806 bits per heavy atom. The van der Waals surface area contributed by atoms with Gasteiger partial charge in [-0.15, -0.1) is 0 Å². The second-order valence-electron chi connectivity index (χ2n) is 17.2. The van der Waals surface area contributed by atoms with Crippen molar-refractivity contribution >= 4 is 0 Å². The first-order valence-corrected chi connectivity index (χ1v) is 16.1. The quantitative estimate of drug-likeness (QED) is 0.379. The van der Waals surface area contributed by atoms with E-state index in [1.807, 2.05) is 0 Å². The molecule has 7 fully saturated rings. The lowest BCUT2D eigenvalue weighted by molar-refractivity contribution is -0.0974. The highest BCUT2D eigenvalue weighted by molar-refractivity contribution is 5.12. The van der Waals surface area contributed by atoms with E-state index in [1.54, 1.807) is 0 Å². The summed E-state index contributed by atoms with van der Waals surface area (Å²) in [7, 11) is 0. The Balaban J connectivity index is 1.14. The average Bonchev–Trinajstić information content (AvgIpc) is 3.53. The maximum Gasteiger partial charge on any atom is 0.0530 e. The number of nitrogens with zero attached hydrogens (tertiary/aromatic N) is 3. The summed E-state index contributed by atoms with van der Waals surface area (Å²) in [5, 5.41) is 0. The van der Waals surface area contributed by atoms with Crippen LogP contribution in [0.25, 0.3) is 0 Å². The normalized spacial score (nSPS) is 49.0. The molecule has 0 N–H and O–H groups in total. The smallest absolute Gasteiger partial charge is 0.0530 e. The second-order valence-corrected chi connectivity index (χ2v) is 17.2. The van der Waals surface area contributed by atoms with E-state index in [2.05, 4.69) is 56.2 Å². The van der Waals surface area contributed by atoms with Gasteiger partial charge in [-0.3, -0.25) is 14.7 Å². The maximum absolute atomic E-state index is 2.95. The lowest BCUT2D eigenvalue weighted by atomic mass is 9.68. The van der Waals surface area contributed by atoms with Crippen molar-refractivity contribution in [2.75, 3.05) is 39.6 Å². The fourth-order valence-corrected chi connectivity index (χ4v) is 12.6. The molecule has 3 heteroatoms. The molecule has 0 aromatic heterocycles. The molecule has 0 spiro atoms. The fraction of sp³-hybridized carbons (Fsp3) is 1.00. The van der Waals surface area contributed by atoms with Crippen molar-refractivity contribution in [3.8, 4) is 0 Å². The van der Waals surface area contributed by atoms with E-state index in [1.165, 1.54) is 117 Å². The topological polar surface area (TPSA) is 9.72 Å². The van der Waals surface area contributed by atoms with Crippen LogP contribution < -0.4 is 0 Å². The van der Waals surface area contributed by atoms with Crippen LogP contribution in [0.4, 0.5) is 0 Å². The standard InChI is InChI=1S/C33H57N3/c1-28(2)25-7-13-31(28,14-8-25)19-34-22-35(20-32-15-9-26(10-16-32)29(32,3)4)24-36(23-34)21-33-17-11-27(12-18-33)30(33,5)6/h25-27H,7-24H2,1-6H3. The van der Waals surface area contributed by atoms with Crippen molar-refractivity contribution < 1.29 is 0 Å². The molecular formula is C33H57N3. The zero-order valence-electron chi connectivity index (χ0n) is 24.8. The predicted octanol–water partition coefficient (Wildman–Crippen LogP) is 7.43. The van der Waals surface area contributed by atoms with Crippen molar-refractivity contribution in [3.63, 3.8) is 0 Å². The molecule has 0 unspecified atom stereocenters. The van der Waals surface area contributed by atoms with Crippen LogP contribution in [0.5, 0.6) is 0 Å². The molecule has 0 atom stereocenters. The predicted molar refractivity (Wildman–Crippen MR) is 149 cm³/mol. The third-order valence-corrected chi connectivity index (χ3v) is 15.8. The SMILES string of the molecule is CC1(C)C2CCC1(CN1CN(CC34CCC(CC3)C4(C)C)CN(CC34CCC(CC3)C4(C)C)C1)CC2. The Bertz CT molecular complexity index is 741. The van der Waals surface area contributed by atoms with Crippen molar-refractivity contribution in [2.45, 2.75) is 119 Å². The van der Waals surface area contributed by atoms with Gasteiger partial charge in [-0.05, 0) is 127 Å². The molecule has 6 saturated carbocycles. The molecular weight excluding hydrogens is 438 g/mol. The lowest BCUT2D eigenvalue weighted by Gasteiger charge is -2.52. The van der Waals surface area contributed by atoms with Crippen molar-refractivity contribution in [3.05, 3.63) is 0 Å². The molecule has 6 bridgehead atoms. The van der Waals surface area contributed by atoms with Crippen LogP contribution in [0.1, 0.15) is 119 Å². The summed E-state index contributed by atoms with van der Waals surface area (Å²) in [6.45, 7) is 23.5. The molecule has 0 aromatic rings. The minimum atomic E-state index is 0.537. The first-order chi connectivity index (χ1) is 16.9. The van der Waals surface area contributed by atoms with Crippen molar-refractivity contribution in [2.24, 2.45) is 50.2 Å². The Hall–Kier alpha value is -0.120. The Labute approximate surface area is 223 Å². The lowest BCUT2D eigenvalue weighted by Crippen LogP contribution is -2.61. The van der Waals surface area contributed by atoms with Gasteiger partial charge in [0.25, 0.3) is 0 Å². The summed E-state index contributed by atoms with van der Waals surface area (Å²) in [5.74, 6) is 2.95. The highest BCUT2D eigenvalue weighted by Crippen LogP contribution is 2.68. The Morgan fingerprint density at radius 1 is 0.417 bits per heavy atom. The third kappa shape index (κ3) is 3.15. The molecule has 3 nitrogen and oxygen atoms in total. The van der Waals surface area contributed by atoms with Gasteiger partial charge < -0.3 is 0 Å². The van der Waals surface area contributed by atoms with Crippen LogP contribution in [0.15, 0.2) is 0 Å². The largest absolute Gasteiger partial charge is 0.277 e. The summed E-state index contributed by atoms with van der Waals surface area (Å²) >= 11 is 0. The zero-order valence-corrected chi connectivity index (χ0v) is 24.8. The van der Waals surface area contributed by atoms with Gasteiger partial charge in [-0.2, -0.15) is 0 Å². The van der Waals surface area contributed by atoms with E-state index in [0.717, 1.165) is 17.8 Å². The van der Waals surface area contributed by atoms with Gasteiger partial charge in [0, 0.05) is 19.6 Å². The minimum Gasteiger partial charge on any atom is -0.277 e. The summed E-state index contributed by atoms with van der Waals surface area (Å²) in [6.07, 6.45) is 17.9. The van der Waals surface area contributed by atoms with E-state index < -0.39 is 0 Å². The minimum absolute atomic E-state index is 0.537. The molecule has 7 aliphatic rings. The van der Waals surface area contributed by atoms with E-state index in [-0.39, 0.29) is 0 Å². The highest BCUT2D eigenvalue weighted by Gasteiger charge is 2.62. The first kappa shape index (κ1) is 24.9. The first-order valence-electron chi connectivity index (χ1n) is 16.1. The van der Waals surface area contributed by atoms with Crippen LogP contribution in [0, 0.1) is 50.2 Å². The van der Waals surface area contributed by atoms with E-state index >= 15 is 0 Å². The number of fused-ring (bicyclic) bond motifs is 6. The van der Waals surface area contributed by atoms with Crippen molar-refractivity contribution in [1.29, 1.82) is 0 Å². The van der Waals surface area contributed by atoms with E-state index in [4.69, 9.17) is 0 Å². The van der Waals surface area contributed by atoms with Crippen LogP contribution >= 0.6 is 0 Å². The summed E-state index contributed by atoms with van der Waals surface area (Å²) in [4.78, 5) is 8.86. The summed E-state index contributed by atoms with van der Waals surface area (Å²) < 4.78 is 0. The Kier molecular flexibility index (Phi) is 5.36. The zero-order chi connectivity index (χ0) is 25.2. The van der Waals surface area contributed by atoms with Gasteiger partial charge in [0.2, 0.25) is 0 Å². The van der Waals surface area contributed by atoms with Crippen LogP contribution in [-0.4, -0.2) is 54.3 Å². The van der Waals surface area contributed by atoms with Gasteiger partial charge in [0.05, 0.1) is 20.0 Å². The molecule has 0 amide bonds. The molecule has 0 radical (unpaired) electrons. The number of hydrogen-bond acceptors (Lipinski definition) is 3. The monoisotopic (exact) mass is 495 g/mol. The fourth-order valence-electron chi connectivity index (χ4n) is 12.6.